The summed E-state index contributed by atoms with van der Waals surface area (Å²) in [6.45, 7) is 1.49. The summed E-state index contributed by atoms with van der Waals surface area (Å²) in [4.78, 5) is 11.6. The van der Waals surface area contributed by atoms with Gasteiger partial charge in [-0.3, -0.25) is 4.79 Å². The van der Waals surface area contributed by atoms with Gasteiger partial charge >= 0.3 is 6.18 Å². The molecule has 0 aliphatic carbocycles. The van der Waals surface area contributed by atoms with Crippen LogP contribution in [-0.4, -0.2) is 44.4 Å². The van der Waals surface area contributed by atoms with Crippen LogP contribution in [0.2, 0.25) is 0 Å². The number of carbonyl (C=O) groups is 1. The van der Waals surface area contributed by atoms with Crippen molar-refractivity contribution in [2.45, 2.75) is 51.4 Å². The van der Waals surface area contributed by atoms with E-state index in [1.807, 2.05) is 36.4 Å². The first-order chi connectivity index (χ1) is 19.7. The molecule has 1 aromatic heterocycles. The van der Waals surface area contributed by atoms with E-state index in [2.05, 4.69) is 20.6 Å². The van der Waals surface area contributed by atoms with E-state index < -0.39 is 47.0 Å². The number of H-pyrrole nitrogens is 1. The Balaban J connectivity index is 1.39. The zero-order valence-electron chi connectivity index (χ0n) is 22.0. The number of aromatic nitrogens is 4. The number of ketones is 1. The molecule has 41 heavy (non-hydrogen) atoms. The predicted octanol–water partition coefficient (Wildman–Crippen LogP) is 6.01. The molecule has 1 aliphatic rings. The van der Waals surface area contributed by atoms with Crippen LogP contribution in [0.3, 0.4) is 0 Å². The van der Waals surface area contributed by atoms with Crippen LogP contribution >= 0.6 is 0 Å². The Morgan fingerprint density at radius 1 is 1.12 bits per heavy atom. The van der Waals surface area contributed by atoms with Gasteiger partial charge in [0.2, 0.25) is 5.82 Å². The number of ether oxygens (including phenoxy) is 3. The molecule has 0 amide bonds. The van der Waals surface area contributed by atoms with Crippen LogP contribution in [0, 0.1) is 0 Å². The largest absolute Gasteiger partial charge is 0.506 e. The second-order valence-electron chi connectivity index (χ2n) is 9.59. The van der Waals surface area contributed by atoms with Crippen molar-refractivity contribution in [1.82, 2.24) is 20.6 Å². The average Bonchev–Trinajstić information content (AvgIpc) is 3.50. The molecule has 5 rings (SSSR count). The van der Waals surface area contributed by atoms with E-state index in [0.29, 0.717) is 18.0 Å². The van der Waals surface area contributed by atoms with Gasteiger partial charge in [0.15, 0.2) is 12.1 Å². The number of hydrogen-bond acceptors (Lipinski definition) is 8. The quantitative estimate of drug-likeness (QED) is 0.236. The first-order valence-electron chi connectivity index (χ1n) is 13.0. The molecule has 4 aromatic rings. The highest BCUT2D eigenvalue weighted by atomic mass is 19.4. The van der Waals surface area contributed by atoms with Gasteiger partial charge in [0.1, 0.15) is 29.8 Å². The van der Waals surface area contributed by atoms with Gasteiger partial charge in [-0.05, 0) is 66.3 Å². The predicted molar refractivity (Wildman–Crippen MR) is 140 cm³/mol. The number of aromatic amines is 1. The number of tetrazole rings is 1. The Hall–Kier alpha value is -4.29. The van der Waals surface area contributed by atoms with Crippen LogP contribution in [-0.2, 0) is 22.3 Å². The van der Waals surface area contributed by atoms with Gasteiger partial charge in [0.05, 0.1) is 5.56 Å². The SMILES string of the molecule is CC(=O)c1ccc(OCc2ccc(C(OC3CCCCO3)c3cccc(-c4nn[nH]n4)c3)cc2)c(C(F)(F)F)c1O. The van der Waals surface area contributed by atoms with Crippen molar-refractivity contribution in [3.63, 3.8) is 0 Å². The van der Waals surface area contributed by atoms with E-state index in [1.54, 1.807) is 12.1 Å². The number of Topliss-reactive ketones (excluding diaryl/α,β-unsaturated/α-hetero) is 1. The minimum atomic E-state index is -4.92. The van der Waals surface area contributed by atoms with Crippen molar-refractivity contribution in [3.05, 3.63) is 88.5 Å². The molecule has 2 N–H and O–H groups in total. The van der Waals surface area contributed by atoms with E-state index in [1.165, 1.54) is 0 Å². The molecule has 2 unspecified atom stereocenters. The summed E-state index contributed by atoms with van der Waals surface area (Å²) < 4.78 is 58.8. The van der Waals surface area contributed by atoms with Gasteiger partial charge in [0, 0.05) is 12.2 Å². The number of carbonyl (C=O) groups excluding carboxylic acids is 1. The minimum Gasteiger partial charge on any atom is -0.506 e. The molecule has 1 aliphatic heterocycles. The molecule has 9 nitrogen and oxygen atoms in total. The topological polar surface area (TPSA) is 119 Å². The lowest BCUT2D eigenvalue weighted by Gasteiger charge is -2.28. The maximum Gasteiger partial charge on any atom is 0.423 e. The summed E-state index contributed by atoms with van der Waals surface area (Å²) >= 11 is 0. The van der Waals surface area contributed by atoms with Gasteiger partial charge in [-0.15, -0.1) is 10.2 Å². The maximum atomic E-state index is 13.7. The normalized spacial score (nSPS) is 16.3. The number of nitrogens with one attached hydrogen (secondary N) is 1. The summed E-state index contributed by atoms with van der Waals surface area (Å²) in [5, 5.41) is 24.3. The number of nitrogens with zero attached hydrogens (tertiary/aromatic N) is 3. The van der Waals surface area contributed by atoms with Crippen LogP contribution in [0.1, 0.15) is 64.9 Å². The molecule has 2 atom stereocenters. The van der Waals surface area contributed by atoms with Crippen molar-refractivity contribution < 1.29 is 37.3 Å². The first-order valence-corrected chi connectivity index (χ1v) is 13.0. The number of rotatable bonds is 9. The number of aromatic hydroxyl groups is 1. The average molecular weight is 569 g/mol. The molecule has 214 valence electrons. The summed E-state index contributed by atoms with van der Waals surface area (Å²) in [5.41, 5.74) is 1.16. The summed E-state index contributed by atoms with van der Waals surface area (Å²) in [6, 6.07) is 16.8. The second-order valence-corrected chi connectivity index (χ2v) is 9.59. The van der Waals surface area contributed by atoms with E-state index in [0.717, 1.165) is 55.0 Å². The molecule has 0 saturated carbocycles. The Kier molecular flexibility index (Phi) is 8.31. The zero-order chi connectivity index (χ0) is 29.0. The number of alkyl halides is 3. The highest BCUT2D eigenvalue weighted by Gasteiger charge is 2.39. The molecule has 1 fully saturated rings. The third kappa shape index (κ3) is 6.55. The van der Waals surface area contributed by atoms with Crippen LogP contribution < -0.4 is 4.74 Å². The third-order valence-corrected chi connectivity index (χ3v) is 6.70. The van der Waals surface area contributed by atoms with Crippen LogP contribution in [0.5, 0.6) is 11.5 Å². The zero-order valence-corrected chi connectivity index (χ0v) is 22.0. The van der Waals surface area contributed by atoms with Gasteiger partial charge in [-0.1, -0.05) is 42.5 Å². The maximum absolute atomic E-state index is 13.7. The van der Waals surface area contributed by atoms with Crippen molar-refractivity contribution in [3.8, 4) is 22.9 Å². The Bertz CT molecular complexity index is 1490. The molecule has 0 spiro atoms. The molecular weight excluding hydrogens is 541 g/mol. The molecule has 0 radical (unpaired) electrons. The van der Waals surface area contributed by atoms with E-state index >= 15 is 0 Å². The van der Waals surface area contributed by atoms with E-state index in [9.17, 15) is 23.1 Å². The second kappa shape index (κ2) is 12.1. The van der Waals surface area contributed by atoms with Crippen molar-refractivity contribution in [2.75, 3.05) is 6.61 Å². The summed E-state index contributed by atoms with van der Waals surface area (Å²) in [7, 11) is 0. The van der Waals surface area contributed by atoms with Gasteiger partial charge < -0.3 is 19.3 Å². The van der Waals surface area contributed by atoms with Crippen LogP contribution in [0.15, 0.2) is 60.7 Å². The third-order valence-electron chi connectivity index (χ3n) is 6.70. The van der Waals surface area contributed by atoms with Gasteiger partial charge in [-0.2, -0.15) is 18.4 Å². The van der Waals surface area contributed by atoms with E-state index in [4.69, 9.17) is 14.2 Å². The van der Waals surface area contributed by atoms with Gasteiger partial charge in [0.25, 0.3) is 0 Å². The summed E-state index contributed by atoms with van der Waals surface area (Å²) in [6.07, 6.45) is -3.11. The lowest BCUT2D eigenvalue weighted by Crippen LogP contribution is -2.25. The lowest BCUT2D eigenvalue weighted by atomic mass is 9.98. The number of halogens is 3. The molecule has 1 saturated heterocycles. The van der Waals surface area contributed by atoms with Crippen molar-refractivity contribution in [1.29, 1.82) is 0 Å². The van der Waals surface area contributed by atoms with E-state index in [-0.39, 0.29) is 6.61 Å². The number of hydrogen-bond donors (Lipinski definition) is 2. The smallest absolute Gasteiger partial charge is 0.423 e. The molecule has 12 heteroatoms. The standard InChI is InChI=1S/C29H27F3N4O5/c1-17(37)22-12-13-23(25(26(22)38)29(30,31)32)40-16-18-8-10-19(11-9-18)27(41-24-7-2-3-14-39-24)20-5-4-6-21(15-20)28-33-35-36-34-28/h4-6,8-13,15,24,27,38H,2-3,7,14,16H2,1H3,(H,33,34,35,36). The Morgan fingerprint density at radius 2 is 1.93 bits per heavy atom. The van der Waals surface area contributed by atoms with Crippen molar-refractivity contribution >= 4 is 5.78 Å². The highest BCUT2D eigenvalue weighted by molar-refractivity contribution is 5.97. The number of benzene rings is 3. The number of phenols is 1. The molecule has 2 heterocycles. The fourth-order valence-corrected chi connectivity index (χ4v) is 4.65. The fraction of sp³-hybridized carbons (Fsp3) is 0.310. The molecule has 0 bridgehead atoms. The van der Waals surface area contributed by atoms with Crippen molar-refractivity contribution in [2.24, 2.45) is 0 Å². The fourth-order valence-electron chi connectivity index (χ4n) is 4.65. The van der Waals surface area contributed by atoms with Crippen LogP contribution in [0.25, 0.3) is 11.4 Å². The van der Waals surface area contributed by atoms with Gasteiger partial charge in [-0.25, -0.2) is 0 Å². The Morgan fingerprint density at radius 3 is 2.59 bits per heavy atom. The Labute approximate surface area is 233 Å². The van der Waals surface area contributed by atoms with Crippen LogP contribution in [0.4, 0.5) is 13.2 Å². The lowest BCUT2D eigenvalue weighted by molar-refractivity contribution is -0.181. The number of phenolic OH excluding ortho intramolecular Hbond substituents is 1. The summed E-state index contributed by atoms with van der Waals surface area (Å²) in [5.74, 6) is -1.97. The first kappa shape index (κ1) is 28.2. The highest BCUT2D eigenvalue weighted by Crippen LogP contribution is 2.44. The molecular formula is C29H27F3N4O5. The monoisotopic (exact) mass is 568 g/mol. The molecule has 3 aromatic carbocycles. The minimum absolute atomic E-state index is 0.202.